The second-order valence-corrected chi connectivity index (χ2v) is 7.19. The Hall–Kier alpha value is 0.0900. The maximum absolute atomic E-state index is 2.76. The Balaban J connectivity index is 0.000000810. The fraction of sp³-hybridized carbons (Fsp3) is 1.00. The molecule has 0 spiro atoms. The van der Waals surface area contributed by atoms with Crippen LogP contribution in [0.15, 0.2) is 0 Å². The summed E-state index contributed by atoms with van der Waals surface area (Å²) in [6.45, 7) is 8.06. The molecule has 3 saturated heterocycles. The zero-order valence-electron chi connectivity index (χ0n) is 11.1. The molecular weight excluding hydrogens is 256 g/mol. The molecule has 3 heterocycles. The van der Waals surface area contributed by atoms with Gasteiger partial charge in [0, 0.05) is 39.3 Å². The Bertz CT molecular complexity index is 189. The van der Waals surface area contributed by atoms with E-state index in [0.717, 1.165) is 0 Å². The van der Waals surface area contributed by atoms with Crippen LogP contribution < -0.4 is 0 Å². The van der Waals surface area contributed by atoms with Crippen LogP contribution in [0.25, 0.3) is 0 Å². The molecule has 0 unspecified atom stereocenters. The topological polar surface area (TPSA) is 9.72 Å². The summed E-state index contributed by atoms with van der Waals surface area (Å²) in [7, 11) is 0. The highest BCUT2D eigenvalue weighted by molar-refractivity contribution is 7.90. The third kappa shape index (κ3) is 3.35. The highest BCUT2D eigenvalue weighted by Gasteiger charge is 2.46. The van der Waals surface area contributed by atoms with E-state index in [1.807, 2.05) is 0 Å². The first kappa shape index (κ1) is 16.1. The standard InChI is InChI=1S/C12H24N3S.2FH/c1-2-8-13(7-1)16(14-9-3-4-10-14)15-11-5-6-12-15;;/h1-12H2;2*1H/q+1;;. The molecule has 0 aromatic heterocycles. The second-order valence-electron chi connectivity index (χ2n) is 5.15. The van der Waals surface area contributed by atoms with E-state index in [9.17, 15) is 0 Å². The lowest BCUT2D eigenvalue weighted by Gasteiger charge is -2.27. The molecular formula is C12H26F2N3S+. The van der Waals surface area contributed by atoms with Gasteiger partial charge < -0.3 is 0 Å². The van der Waals surface area contributed by atoms with Gasteiger partial charge in [0.15, 0.2) is 0 Å². The molecule has 0 aromatic rings. The van der Waals surface area contributed by atoms with Crippen molar-refractivity contribution in [1.29, 1.82) is 0 Å². The number of nitrogens with zero attached hydrogens (tertiary/aromatic N) is 3. The highest BCUT2D eigenvalue weighted by Crippen LogP contribution is 2.28. The first-order chi connectivity index (χ1) is 7.95. The first-order valence-corrected chi connectivity index (χ1v) is 8.04. The largest absolute Gasteiger partial charge is 0.269 e. The van der Waals surface area contributed by atoms with Crippen molar-refractivity contribution >= 4 is 11.5 Å². The molecule has 0 amide bonds. The fourth-order valence-corrected chi connectivity index (χ4v) is 5.78. The third-order valence-corrected chi connectivity index (χ3v) is 6.37. The molecule has 0 aliphatic carbocycles. The van der Waals surface area contributed by atoms with Gasteiger partial charge in [-0.3, -0.25) is 9.41 Å². The van der Waals surface area contributed by atoms with Crippen molar-refractivity contribution in [3.8, 4) is 0 Å². The van der Waals surface area contributed by atoms with E-state index < -0.39 is 0 Å². The molecule has 3 nitrogen and oxygen atoms in total. The Morgan fingerprint density at radius 1 is 0.444 bits per heavy atom. The summed E-state index contributed by atoms with van der Waals surface area (Å²) in [5.41, 5.74) is 0. The number of rotatable bonds is 3. The molecule has 3 aliphatic rings. The normalized spacial score (nSPS) is 26.5. The summed E-state index contributed by atoms with van der Waals surface area (Å²) in [6, 6.07) is 0. The molecule has 0 N–H and O–H groups in total. The lowest BCUT2D eigenvalue weighted by Crippen LogP contribution is -2.50. The van der Waals surface area contributed by atoms with Gasteiger partial charge in [0.25, 0.3) is 11.5 Å². The van der Waals surface area contributed by atoms with Crippen LogP contribution in [0.4, 0.5) is 9.41 Å². The second kappa shape index (κ2) is 7.62. The summed E-state index contributed by atoms with van der Waals surface area (Å²) in [5, 5.41) is 0. The van der Waals surface area contributed by atoms with E-state index in [-0.39, 0.29) is 9.41 Å². The summed E-state index contributed by atoms with van der Waals surface area (Å²) >= 11 is 0.350. The van der Waals surface area contributed by atoms with Crippen LogP contribution in [0.3, 0.4) is 0 Å². The molecule has 3 aliphatic heterocycles. The summed E-state index contributed by atoms with van der Waals surface area (Å²) in [4.78, 5) is 0. The number of hydrogen-bond acceptors (Lipinski definition) is 3. The maximum Gasteiger partial charge on any atom is 0.268 e. The van der Waals surface area contributed by atoms with Crippen LogP contribution in [0, 0.1) is 0 Å². The Morgan fingerprint density at radius 3 is 0.889 bits per heavy atom. The van der Waals surface area contributed by atoms with Gasteiger partial charge in [0.1, 0.15) is 0 Å². The highest BCUT2D eigenvalue weighted by atomic mass is 32.2. The van der Waals surface area contributed by atoms with Gasteiger partial charge in [0.2, 0.25) is 0 Å². The lowest BCUT2D eigenvalue weighted by molar-refractivity contribution is 0.416. The Labute approximate surface area is 112 Å². The maximum atomic E-state index is 2.76. The molecule has 3 rings (SSSR count). The Morgan fingerprint density at radius 2 is 0.667 bits per heavy atom. The quantitative estimate of drug-likeness (QED) is 0.733. The van der Waals surface area contributed by atoms with Crippen molar-refractivity contribution in [3.63, 3.8) is 0 Å². The fourth-order valence-electron chi connectivity index (χ4n) is 3.04. The van der Waals surface area contributed by atoms with E-state index in [4.69, 9.17) is 0 Å². The van der Waals surface area contributed by atoms with Gasteiger partial charge >= 0.3 is 0 Å². The van der Waals surface area contributed by atoms with Crippen molar-refractivity contribution < 1.29 is 9.41 Å². The van der Waals surface area contributed by atoms with Crippen LogP contribution in [0.5, 0.6) is 0 Å². The predicted molar refractivity (Wildman–Crippen MR) is 74.8 cm³/mol. The SMILES string of the molecule is C1CCN([S+](N2CCCC2)N2CCCC2)C1.F.F. The molecule has 0 radical (unpaired) electrons. The van der Waals surface area contributed by atoms with Crippen molar-refractivity contribution in [1.82, 2.24) is 12.9 Å². The summed E-state index contributed by atoms with van der Waals surface area (Å²) in [6.07, 6.45) is 8.53. The minimum Gasteiger partial charge on any atom is -0.269 e. The molecule has 0 atom stereocenters. The monoisotopic (exact) mass is 282 g/mol. The average molecular weight is 282 g/mol. The van der Waals surface area contributed by atoms with Gasteiger partial charge in [-0.15, -0.1) is 0 Å². The van der Waals surface area contributed by atoms with E-state index in [0.29, 0.717) is 11.5 Å². The van der Waals surface area contributed by atoms with E-state index in [1.54, 1.807) is 0 Å². The molecule has 108 valence electrons. The van der Waals surface area contributed by atoms with E-state index in [2.05, 4.69) is 12.9 Å². The lowest BCUT2D eigenvalue weighted by atomic mass is 10.4. The van der Waals surface area contributed by atoms with Crippen molar-refractivity contribution in [2.24, 2.45) is 0 Å². The van der Waals surface area contributed by atoms with Crippen LogP contribution in [-0.2, 0) is 11.5 Å². The minimum absolute atomic E-state index is 0. The van der Waals surface area contributed by atoms with Crippen LogP contribution in [0.1, 0.15) is 38.5 Å². The third-order valence-electron chi connectivity index (χ3n) is 3.89. The summed E-state index contributed by atoms with van der Waals surface area (Å²) < 4.78 is 8.28. The van der Waals surface area contributed by atoms with E-state index >= 15 is 0 Å². The van der Waals surface area contributed by atoms with Crippen LogP contribution in [-0.4, -0.2) is 52.2 Å². The van der Waals surface area contributed by atoms with Crippen molar-refractivity contribution in [2.75, 3.05) is 39.3 Å². The van der Waals surface area contributed by atoms with Gasteiger partial charge in [0.05, 0.1) is 0 Å². The van der Waals surface area contributed by atoms with Crippen LogP contribution in [0.2, 0.25) is 0 Å². The Kier molecular flexibility index (Phi) is 6.84. The van der Waals surface area contributed by atoms with Gasteiger partial charge in [-0.2, -0.15) is 0 Å². The first-order valence-electron chi connectivity index (χ1n) is 6.95. The molecule has 0 bridgehead atoms. The minimum atomic E-state index is 0. The smallest absolute Gasteiger partial charge is 0.268 e. The van der Waals surface area contributed by atoms with Crippen molar-refractivity contribution in [3.05, 3.63) is 0 Å². The zero-order valence-corrected chi connectivity index (χ0v) is 11.9. The number of halogens is 2. The summed E-state index contributed by atoms with van der Waals surface area (Å²) in [5.74, 6) is 0. The molecule has 3 fully saturated rings. The van der Waals surface area contributed by atoms with Crippen molar-refractivity contribution in [2.45, 2.75) is 38.5 Å². The van der Waals surface area contributed by atoms with E-state index in [1.165, 1.54) is 77.8 Å². The molecule has 6 heteroatoms. The van der Waals surface area contributed by atoms with Gasteiger partial charge in [-0.1, -0.05) is 12.9 Å². The molecule has 0 aromatic carbocycles. The van der Waals surface area contributed by atoms with Gasteiger partial charge in [-0.25, -0.2) is 0 Å². The average Bonchev–Trinajstić information content (AvgIpc) is 3.02. The molecule has 18 heavy (non-hydrogen) atoms. The number of hydrogen-bond donors (Lipinski definition) is 0. The predicted octanol–water partition coefficient (Wildman–Crippen LogP) is 1.94. The van der Waals surface area contributed by atoms with Gasteiger partial charge in [-0.05, 0) is 38.5 Å². The molecule has 0 saturated carbocycles. The van der Waals surface area contributed by atoms with Crippen LogP contribution >= 0.6 is 0 Å². The zero-order chi connectivity index (χ0) is 10.8.